The van der Waals surface area contributed by atoms with Gasteiger partial charge in [-0.2, -0.15) is 0 Å². The average Bonchev–Trinajstić information content (AvgIpc) is 2.69. The Kier molecular flexibility index (Phi) is 6.45. The highest BCUT2D eigenvalue weighted by Crippen LogP contribution is 2.16. The van der Waals surface area contributed by atoms with E-state index in [0.717, 1.165) is 32.5 Å². The zero-order valence-corrected chi connectivity index (χ0v) is 16.0. The summed E-state index contributed by atoms with van der Waals surface area (Å²) in [6.07, 6.45) is 2.02. The molecule has 3 rings (SSSR count). The van der Waals surface area contributed by atoms with E-state index in [1.54, 1.807) is 4.90 Å². The van der Waals surface area contributed by atoms with Crippen LogP contribution < -0.4 is 4.90 Å². The molecule has 0 unspecified atom stereocenters. The maximum absolute atomic E-state index is 12.8. The zero-order chi connectivity index (χ0) is 18.4. The van der Waals surface area contributed by atoms with Gasteiger partial charge in [-0.15, -0.1) is 0 Å². The van der Waals surface area contributed by atoms with Gasteiger partial charge in [0.05, 0.1) is 19.6 Å². The van der Waals surface area contributed by atoms with Crippen molar-refractivity contribution in [3.8, 4) is 0 Å². The van der Waals surface area contributed by atoms with Crippen LogP contribution in [-0.2, 0) is 11.3 Å². The van der Waals surface area contributed by atoms with Crippen LogP contribution in [0.15, 0.2) is 60.7 Å². The number of quaternary nitrogens is 1. The van der Waals surface area contributed by atoms with Gasteiger partial charge < -0.3 is 9.80 Å². The molecule has 2 aromatic rings. The lowest BCUT2D eigenvalue weighted by Crippen LogP contribution is -3.13. The van der Waals surface area contributed by atoms with Crippen molar-refractivity contribution in [2.75, 3.05) is 26.7 Å². The van der Waals surface area contributed by atoms with Gasteiger partial charge in [0, 0.05) is 38.3 Å². The van der Waals surface area contributed by atoms with E-state index in [9.17, 15) is 4.79 Å². The monoisotopic (exact) mass is 351 g/mol. The molecule has 0 bridgehead atoms. The first kappa shape index (κ1) is 18.7. The van der Waals surface area contributed by atoms with Crippen LogP contribution in [0.2, 0.25) is 0 Å². The van der Waals surface area contributed by atoms with Crippen molar-refractivity contribution < 1.29 is 9.69 Å². The van der Waals surface area contributed by atoms with Crippen LogP contribution in [0.5, 0.6) is 0 Å². The van der Waals surface area contributed by atoms with E-state index in [1.807, 2.05) is 30.1 Å². The third-order valence-corrected chi connectivity index (χ3v) is 5.64. The van der Waals surface area contributed by atoms with Gasteiger partial charge >= 0.3 is 0 Å². The van der Waals surface area contributed by atoms with Crippen molar-refractivity contribution in [1.82, 2.24) is 4.90 Å². The molecule has 1 aliphatic rings. The number of nitrogens with zero attached hydrogens (tertiary/aromatic N) is 1. The molecule has 3 heteroatoms. The lowest BCUT2D eigenvalue weighted by atomic mass is 9.93. The molecule has 1 fully saturated rings. The van der Waals surface area contributed by atoms with Crippen molar-refractivity contribution in [1.29, 1.82) is 0 Å². The Bertz CT molecular complexity index is 678. The standard InChI is InChI=1S/C23H30N2O/c1-19(21-11-7-4-8-12-21)17-25-15-13-22(14-16-25)23(26)24(2)18-20-9-5-3-6-10-20/h3-12,19,22H,13-18H2,1-2H3/p+1/t19-/m1/s1. The van der Waals surface area contributed by atoms with Crippen LogP contribution >= 0.6 is 0 Å². The van der Waals surface area contributed by atoms with Gasteiger partial charge in [0.1, 0.15) is 0 Å². The summed E-state index contributed by atoms with van der Waals surface area (Å²) in [5.74, 6) is 1.07. The second-order valence-corrected chi connectivity index (χ2v) is 7.72. The molecule has 26 heavy (non-hydrogen) atoms. The number of piperidine rings is 1. The van der Waals surface area contributed by atoms with Crippen molar-refractivity contribution in [3.05, 3.63) is 71.8 Å². The number of carbonyl (C=O) groups is 1. The minimum Gasteiger partial charge on any atom is -0.341 e. The number of amides is 1. The largest absolute Gasteiger partial charge is 0.341 e. The van der Waals surface area contributed by atoms with E-state index in [4.69, 9.17) is 0 Å². The molecule has 0 spiro atoms. The minimum absolute atomic E-state index is 0.194. The number of carbonyl (C=O) groups excluding carboxylic acids is 1. The normalized spacial score (nSPS) is 21.2. The molecular formula is C23H31N2O+. The van der Waals surface area contributed by atoms with E-state index in [2.05, 4.69) is 49.4 Å². The molecule has 1 saturated heterocycles. The number of benzene rings is 2. The Balaban J connectivity index is 1.46. The number of likely N-dealkylation sites (tertiary alicyclic amines) is 1. The molecule has 0 aliphatic carbocycles. The van der Waals surface area contributed by atoms with Gasteiger partial charge in [-0.25, -0.2) is 0 Å². The Morgan fingerprint density at radius 1 is 1.04 bits per heavy atom. The number of rotatable bonds is 6. The molecule has 3 nitrogen and oxygen atoms in total. The van der Waals surface area contributed by atoms with E-state index < -0.39 is 0 Å². The second-order valence-electron chi connectivity index (χ2n) is 7.72. The van der Waals surface area contributed by atoms with Crippen molar-refractivity contribution in [2.45, 2.75) is 32.2 Å². The van der Waals surface area contributed by atoms with Gasteiger partial charge in [0.25, 0.3) is 0 Å². The summed E-state index contributed by atoms with van der Waals surface area (Å²) in [7, 11) is 1.94. The topological polar surface area (TPSA) is 24.8 Å². The van der Waals surface area contributed by atoms with Crippen molar-refractivity contribution in [2.24, 2.45) is 5.92 Å². The fraction of sp³-hybridized carbons (Fsp3) is 0.435. The maximum atomic E-state index is 12.8. The summed E-state index contributed by atoms with van der Waals surface area (Å²) in [5, 5.41) is 0. The Labute approximate surface area is 157 Å². The zero-order valence-electron chi connectivity index (χ0n) is 16.0. The molecule has 1 heterocycles. The van der Waals surface area contributed by atoms with E-state index in [0.29, 0.717) is 18.4 Å². The SMILES string of the molecule is C[C@H](C[NH+]1CCC(C(=O)N(C)Cc2ccccc2)CC1)c1ccccc1. The fourth-order valence-corrected chi connectivity index (χ4v) is 4.06. The Hall–Kier alpha value is -2.13. The summed E-state index contributed by atoms with van der Waals surface area (Å²) in [6, 6.07) is 21.0. The number of hydrogen-bond donors (Lipinski definition) is 1. The number of nitrogens with one attached hydrogen (secondary N) is 1. The first-order valence-corrected chi connectivity index (χ1v) is 9.81. The van der Waals surface area contributed by atoms with Crippen LogP contribution in [0, 0.1) is 5.92 Å². The van der Waals surface area contributed by atoms with Gasteiger partial charge in [0.2, 0.25) is 5.91 Å². The first-order valence-electron chi connectivity index (χ1n) is 9.81. The highest BCUT2D eigenvalue weighted by atomic mass is 16.2. The highest BCUT2D eigenvalue weighted by molar-refractivity contribution is 5.78. The summed E-state index contributed by atoms with van der Waals surface area (Å²) in [6.45, 7) is 6.38. The van der Waals surface area contributed by atoms with Gasteiger partial charge in [-0.1, -0.05) is 67.6 Å². The first-order chi connectivity index (χ1) is 12.6. The van der Waals surface area contributed by atoms with Gasteiger partial charge in [-0.3, -0.25) is 4.79 Å². The molecule has 0 saturated carbocycles. The van der Waals surface area contributed by atoms with E-state index in [-0.39, 0.29) is 5.92 Å². The Morgan fingerprint density at radius 3 is 2.23 bits per heavy atom. The van der Waals surface area contributed by atoms with Crippen LogP contribution in [0.4, 0.5) is 0 Å². The molecule has 2 aromatic carbocycles. The van der Waals surface area contributed by atoms with Crippen molar-refractivity contribution >= 4 is 5.91 Å². The highest BCUT2D eigenvalue weighted by Gasteiger charge is 2.30. The van der Waals surface area contributed by atoms with E-state index in [1.165, 1.54) is 11.1 Å². The molecule has 1 atom stereocenters. The predicted molar refractivity (Wildman–Crippen MR) is 106 cm³/mol. The molecule has 0 radical (unpaired) electrons. The van der Waals surface area contributed by atoms with Crippen LogP contribution in [0.1, 0.15) is 36.8 Å². The molecule has 0 aromatic heterocycles. The molecule has 138 valence electrons. The molecular weight excluding hydrogens is 320 g/mol. The summed E-state index contributed by atoms with van der Waals surface area (Å²) < 4.78 is 0. The Morgan fingerprint density at radius 2 is 1.62 bits per heavy atom. The fourth-order valence-electron chi connectivity index (χ4n) is 4.06. The van der Waals surface area contributed by atoms with Crippen LogP contribution in [0.25, 0.3) is 0 Å². The van der Waals surface area contributed by atoms with Crippen molar-refractivity contribution in [3.63, 3.8) is 0 Å². The lowest BCUT2D eigenvalue weighted by molar-refractivity contribution is -0.907. The van der Waals surface area contributed by atoms with Crippen LogP contribution in [-0.4, -0.2) is 37.5 Å². The summed E-state index contributed by atoms with van der Waals surface area (Å²) in [5.41, 5.74) is 2.61. The lowest BCUT2D eigenvalue weighted by Gasteiger charge is -2.32. The van der Waals surface area contributed by atoms with E-state index >= 15 is 0 Å². The maximum Gasteiger partial charge on any atom is 0.226 e. The molecule has 1 amide bonds. The third-order valence-electron chi connectivity index (χ3n) is 5.64. The number of hydrogen-bond acceptors (Lipinski definition) is 1. The average molecular weight is 352 g/mol. The second kappa shape index (κ2) is 9.00. The molecule has 1 aliphatic heterocycles. The van der Waals surface area contributed by atoms with Gasteiger partial charge in [0.15, 0.2) is 0 Å². The molecule has 1 N–H and O–H groups in total. The minimum atomic E-state index is 0.194. The summed E-state index contributed by atoms with van der Waals surface area (Å²) in [4.78, 5) is 16.3. The smallest absolute Gasteiger partial charge is 0.226 e. The predicted octanol–water partition coefficient (Wildman–Crippen LogP) is 2.74. The summed E-state index contributed by atoms with van der Waals surface area (Å²) >= 11 is 0. The quantitative estimate of drug-likeness (QED) is 0.850. The van der Waals surface area contributed by atoms with Crippen LogP contribution in [0.3, 0.4) is 0 Å². The third kappa shape index (κ3) is 4.95. The van der Waals surface area contributed by atoms with Gasteiger partial charge in [-0.05, 0) is 11.1 Å².